The molecule has 1 fully saturated rings. The van der Waals surface area contributed by atoms with E-state index < -0.39 is 6.10 Å². The van der Waals surface area contributed by atoms with Gasteiger partial charge in [-0.3, -0.25) is 9.69 Å². The minimum absolute atomic E-state index is 0.173. The van der Waals surface area contributed by atoms with Gasteiger partial charge in [-0.15, -0.1) is 0 Å². The number of aliphatic hydroxyl groups is 1. The summed E-state index contributed by atoms with van der Waals surface area (Å²) in [6.45, 7) is 3.61. The van der Waals surface area contributed by atoms with Crippen LogP contribution >= 0.6 is 0 Å². The first kappa shape index (κ1) is 23.6. The molecule has 2 aliphatic rings. The number of carbonyl (C=O) groups is 1. The topological polar surface area (TPSA) is 109 Å². The van der Waals surface area contributed by atoms with Crippen LogP contribution in [0, 0.1) is 0 Å². The number of aliphatic hydroxyl groups excluding tert-OH is 1. The Labute approximate surface area is 194 Å². The fourth-order valence-electron chi connectivity index (χ4n) is 4.26. The number of carbonyl (C=O) groups excluding carboxylic acids is 1. The van der Waals surface area contributed by atoms with E-state index in [9.17, 15) is 9.90 Å². The van der Waals surface area contributed by atoms with Gasteiger partial charge in [-0.1, -0.05) is 24.3 Å². The van der Waals surface area contributed by atoms with Crippen molar-refractivity contribution in [2.45, 2.75) is 44.1 Å². The van der Waals surface area contributed by atoms with Crippen LogP contribution in [0.25, 0.3) is 0 Å². The molecule has 1 aliphatic heterocycles. The van der Waals surface area contributed by atoms with Crippen molar-refractivity contribution in [2.24, 2.45) is 0 Å². The van der Waals surface area contributed by atoms with Crippen LogP contribution < -0.4 is 10.6 Å². The summed E-state index contributed by atoms with van der Waals surface area (Å²) in [6, 6.07) is 10.3. The van der Waals surface area contributed by atoms with Crippen LogP contribution in [0.5, 0.6) is 0 Å². The Kier molecular flexibility index (Phi) is 8.22. The van der Waals surface area contributed by atoms with E-state index in [-0.39, 0.29) is 30.3 Å². The number of hydrogen-bond acceptors (Lipinski definition) is 8. The fraction of sp³-hybridized carbons (Fsp3) is 0.542. The molecule has 2 aromatic rings. The molecule has 1 aliphatic carbocycles. The number of rotatable bonds is 11. The highest BCUT2D eigenvalue weighted by Gasteiger charge is 2.30. The third kappa shape index (κ3) is 6.70. The number of ether oxygens (including phenoxy) is 2. The molecule has 1 saturated carbocycles. The average Bonchev–Trinajstić information content (AvgIpc) is 2.81. The lowest BCUT2D eigenvalue weighted by atomic mass is 9.89. The number of aromatic nitrogens is 2. The number of anilines is 1. The Morgan fingerprint density at radius 1 is 1.24 bits per heavy atom. The van der Waals surface area contributed by atoms with Gasteiger partial charge in [0.1, 0.15) is 17.8 Å². The van der Waals surface area contributed by atoms with Crippen molar-refractivity contribution >= 4 is 11.7 Å². The van der Waals surface area contributed by atoms with Crippen LogP contribution in [0.2, 0.25) is 0 Å². The minimum Gasteiger partial charge on any atom is -0.390 e. The molecule has 33 heavy (non-hydrogen) atoms. The SMILES string of the molecule is COCCO[C@H]1C[C@@H](Nc2cc(C(=O)NCC(O)CN3CCc4ccccc4C3)ncn2)C1. The highest BCUT2D eigenvalue weighted by Crippen LogP contribution is 2.26. The summed E-state index contributed by atoms with van der Waals surface area (Å²) in [6.07, 6.45) is 3.72. The Morgan fingerprint density at radius 3 is 2.88 bits per heavy atom. The van der Waals surface area contributed by atoms with Crippen molar-refractivity contribution < 1.29 is 19.4 Å². The van der Waals surface area contributed by atoms with Crippen molar-refractivity contribution in [2.75, 3.05) is 45.3 Å². The molecule has 9 heteroatoms. The van der Waals surface area contributed by atoms with Crippen LogP contribution in [-0.4, -0.2) is 84.1 Å². The van der Waals surface area contributed by atoms with Gasteiger partial charge in [-0.05, 0) is 30.4 Å². The maximum atomic E-state index is 12.5. The predicted molar refractivity (Wildman–Crippen MR) is 124 cm³/mol. The summed E-state index contributed by atoms with van der Waals surface area (Å²) in [5.74, 6) is 0.292. The number of methoxy groups -OCH3 is 1. The van der Waals surface area contributed by atoms with Crippen LogP contribution in [-0.2, 0) is 22.4 Å². The Hall–Kier alpha value is -2.59. The zero-order chi connectivity index (χ0) is 23.0. The molecule has 9 nitrogen and oxygen atoms in total. The molecule has 3 N–H and O–H groups in total. The van der Waals surface area contributed by atoms with Gasteiger partial charge in [0.25, 0.3) is 5.91 Å². The van der Waals surface area contributed by atoms with E-state index in [0.29, 0.717) is 25.6 Å². The van der Waals surface area contributed by atoms with Gasteiger partial charge in [0.2, 0.25) is 0 Å². The maximum absolute atomic E-state index is 12.5. The molecular formula is C24H33N5O4. The normalized spacial score (nSPS) is 21.0. The monoisotopic (exact) mass is 455 g/mol. The van der Waals surface area contributed by atoms with E-state index in [0.717, 1.165) is 32.4 Å². The van der Waals surface area contributed by atoms with E-state index >= 15 is 0 Å². The number of nitrogens with zero attached hydrogens (tertiary/aromatic N) is 3. The van der Waals surface area contributed by atoms with Gasteiger partial charge in [0.05, 0.1) is 25.4 Å². The molecule has 1 amide bonds. The van der Waals surface area contributed by atoms with Gasteiger partial charge in [0.15, 0.2) is 0 Å². The van der Waals surface area contributed by atoms with Gasteiger partial charge in [0, 0.05) is 45.4 Å². The van der Waals surface area contributed by atoms with Gasteiger partial charge in [-0.2, -0.15) is 0 Å². The summed E-state index contributed by atoms with van der Waals surface area (Å²) in [5.41, 5.74) is 2.96. The lowest BCUT2D eigenvalue weighted by molar-refractivity contribution is -0.0261. The highest BCUT2D eigenvalue weighted by molar-refractivity contribution is 5.92. The van der Waals surface area contributed by atoms with Crippen LogP contribution in [0.1, 0.15) is 34.5 Å². The first-order valence-corrected chi connectivity index (χ1v) is 11.5. The average molecular weight is 456 g/mol. The molecule has 1 unspecified atom stereocenters. The van der Waals surface area contributed by atoms with Crippen molar-refractivity contribution in [3.8, 4) is 0 Å². The molecule has 0 saturated heterocycles. The number of nitrogens with one attached hydrogen (secondary N) is 2. The van der Waals surface area contributed by atoms with E-state index in [1.165, 1.54) is 17.5 Å². The largest absolute Gasteiger partial charge is 0.390 e. The number of fused-ring (bicyclic) bond motifs is 1. The molecule has 1 aromatic heterocycles. The summed E-state index contributed by atoms with van der Waals surface area (Å²) < 4.78 is 10.7. The maximum Gasteiger partial charge on any atom is 0.270 e. The molecule has 4 rings (SSSR count). The third-order valence-electron chi connectivity index (χ3n) is 6.16. The summed E-state index contributed by atoms with van der Waals surface area (Å²) in [5, 5.41) is 16.5. The zero-order valence-corrected chi connectivity index (χ0v) is 19.1. The lowest BCUT2D eigenvalue weighted by Gasteiger charge is -2.35. The molecule has 2 heterocycles. The molecule has 0 bridgehead atoms. The summed E-state index contributed by atoms with van der Waals surface area (Å²) in [4.78, 5) is 23.1. The second-order valence-corrected chi connectivity index (χ2v) is 8.70. The second kappa shape index (κ2) is 11.5. The van der Waals surface area contributed by atoms with Gasteiger partial charge >= 0.3 is 0 Å². The van der Waals surface area contributed by atoms with Crippen LogP contribution in [0.15, 0.2) is 36.7 Å². The molecule has 0 spiro atoms. The quantitative estimate of drug-likeness (QED) is 0.434. The zero-order valence-electron chi connectivity index (χ0n) is 19.1. The van der Waals surface area contributed by atoms with Crippen molar-refractivity contribution in [3.05, 3.63) is 53.5 Å². The second-order valence-electron chi connectivity index (χ2n) is 8.70. The summed E-state index contributed by atoms with van der Waals surface area (Å²) in [7, 11) is 1.66. The van der Waals surface area contributed by atoms with Crippen molar-refractivity contribution in [3.63, 3.8) is 0 Å². The Balaban J connectivity index is 1.18. The van der Waals surface area contributed by atoms with Crippen molar-refractivity contribution in [1.82, 2.24) is 20.2 Å². The molecular weight excluding hydrogens is 422 g/mol. The van der Waals surface area contributed by atoms with Gasteiger partial charge < -0.3 is 25.2 Å². The van der Waals surface area contributed by atoms with Crippen LogP contribution in [0.3, 0.4) is 0 Å². The minimum atomic E-state index is -0.649. The van der Waals surface area contributed by atoms with E-state index in [1.807, 2.05) is 6.07 Å². The fourth-order valence-corrected chi connectivity index (χ4v) is 4.26. The van der Waals surface area contributed by atoms with Gasteiger partial charge in [-0.25, -0.2) is 9.97 Å². The number of β-amino-alcohol motifs (C(OH)–C–C–N with tert-alkyl or cyclic N) is 1. The number of hydrogen-bond donors (Lipinski definition) is 3. The Bertz CT molecular complexity index is 921. The standard InChI is InChI=1S/C24H33N5O4/c1-32-8-9-33-21-10-19(11-21)28-23-12-22(26-16-27-23)24(31)25-13-20(30)15-29-7-6-17-4-2-3-5-18(17)14-29/h2-5,12,16,19-21,30H,6-11,13-15H2,1H3,(H,25,31)(H,26,27,28)/t19-,20?,21+. The van der Waals surface area contributed by atoms with E-state index in [1.54, 1.807) is 13.2 Å². The molecule has 178 valence electrons. The number of amides is 1. The molecule has 1 atom stereocenters. The first-order chi connectivity index (χ1) is 16.1. The number of benzene rings is 1. The smallest absolute Gasteiger partial charge is 0.270 e. The first-order valence-electron chi connectivity index (χ1n) is 11.5. The predicted octanol–water partition coefficient (Wildman–Crippen LogP) is 1.23. The summed E-state index contributed by atoms with van der Waals surface area (Å²) >= 11 is 0. The van der Waals surface area contributed by atoms with E-state index in [2.05, 4.69) is 43.7 Å². The molecule has 0 radical (unpaired) electrons. The van der Waals surface area contributed by atoms with Crippen LogP contribution in [0.4, 0.5) is 5.82 Å². The van der Waals surface area contributed by atoms with Crippen molar-refractivity contribution in [1.29, 1.82) is 0 Å². The molecule has 1 aromatic carbocycles. The third-order valence-corrected chi connectivity index (χ3v) is 6.16. The lowest BCUT2D eigenvalue weighted by Crippen LogP contribution is -2.42. The Morgan fingerprint density at radius 2 is 2.06 bits per heavy atom. The highest BCUT2D eigenvalue weighted by atomic mass is 16.5. The van der Waals surface area contributed by atoms with E-state index in [4.69, 9.17) is 9.47 Å².